The topological polar surface area (TPSA) is 66.8 Å². The second kappa shape index (κ2) is 11.2. The Morgan fingerprint density at radius 2 is 1.89 bits per heavy atom. The molecule has 5 nitrogen and oxygen atoms in total. The van der Waals surface area contributed by atoms with Gasteiger partial charge in [-0.15, -0.1) is 0 Å². The number of likely N-dealkylation sites (tertiary alicyclic amines) is 1. The van der Waals surface area contributed by atoms with Gasteiger partial charge in [0.2, 0.25) is 11.8 Å². The summed E-state index contributed by atoms with van der Waals surface area (Å²) in [6.45, 7) is 7.37. The summed E-state index contributed by atoms with van der Waals surface area (Å²) < 4.78 is 7.33. The van der Waals surface area contributed by atoms with Crippen molar-refractivity contribution in [2.45, 2.75) is 52.6 Å². The first-order valence-electron chi connectivity index (χ1n) is 13.7. The van der Waals surface area contributed by atoms with Crippen molar-refractivity contribution in [1.29, 1.82) is 0 Å². The molecule has 0 spiro atoms. The maximum Gasteiger partial charge on any atom is 0.233 e. The van der Waals surface area contributed by atoms with E-state index >= 15 is 0 Å². The molecule has 2 fully saturated rings. The fraction of sp³-hybridized carbons (Fsp3) is 0.438. The molecule has 1 aliphatic carbocycles. The van der Waals surface area contributed by atoms with Crippen molar-refractivity contribution < 1.29 is 19.4 Å². The summed E-state index contributed by atoms with van der Waals surface area (Å²) in [5.41, 5.74) is 5.55. The summed E-state index contributed by atoms with van der Waals surface area (Å²) in [4.78, 5) is 28.1. The molecule has 200 valence electrons. The Kier molecular flexibility index (Phi) is 7.92. The first kappa shape index (κ1) is 26.9. The van der Waals surface area contributed by atoms with Gasteiger partial charge < -0.3 is 9.84 Å². The molecule has 38 heavy (non-hydrogen) atoms. The van der Waals surface area contributed by atoms with Gasteiger partial charge in [-0.25, -0.2) is 0 Å². The number of carbonyl (C=O) groups is 2. The normalized spacial score (nSPS) is 25.4. The summed E-state index contributed by atoms with van der Waals surface area (Å²) >= 11 is 3.52. The van der Waals surface area contributed by atoms with Crippen LogP contribution in [0, 0.1) is 23.7 Å². The number of hydrogen-bond donors (Lipinski definition) is 1. The minimum Gasteiger partial charge on any atom is -0.507 e. The number of imide groups is 1. The average molecular weight is 579 g/mol. The Bertz CT molecular complexity index is 1280. The number of rotatable bonds is 8. The third-order valence-corrected chi connectivity index (χ3v) is 8.81. The lowest BCUT2D eigenvalue weighted by Crippen LogP contribution is -2.35. The standard InChI is InChI=1S/C32H36BrNO4/c1-4-14-34-31(36)25-17-24(19(2)3)29-26(30(25)32(34)37)18-38-28(29)13-10-21(20-8-6-5-7-9-20)15-22-16-23(33)11-12-27(22)35/h5-9,11-12,15-16,19,25-26,28,30,35H,4,10,13-14,17-18H2,1-3H3/b21-15-/t25-,26+,28-,30-/m1/s1. The van der Waals surface area contributed by atoms with E-state index < -0.39 is 0 Å². The Hall–Kier alpha value is -2.70. The highest BCUT2D eigenvalue weighted by molar-refractivity contribution is 9.10. The minimum atomic E-state index is -0.292. The number of phenolic OH excluding ortho intramolecular Hbond substituents is 1. The molecule has 2 aromatic rings. The number of hydrogen-bond acceptors (Lipinski definition) is 4. The lowest BCUT2D eigenvalue weighted by Gasteiger charge is -2.33. The van der Waals surface area contributed by atoms with Gasteiger partial charge in [0.1, 0.15) is 5.75 Å². The van der Waals surface area contributed by atoms with E-state index in [1.165, 1.54) is 16.0 Å². The zero-order chi connectivity index (χ0) is 27.0. The van der Waals surface area contributed by atoms with Crippen LogP contribution in [0.5, 0.6) is 5.75 Å². The maximum absolute atomic E-state index is 13.4. The average Bonchev–Trinajstić information content (AvgIpc) is 3.43. The quantitative estimate of drug-likeness (QED) is 0.211. The maximum atomic E-state index is 13.4. The summed E-state index contributed by atoms with van der Waals surface area (Å²) in [6, 6.07) is 15.7. The van der Waals surface area contributed by atoms with Crippen LogP contribution in [-0.2, 0) is 14.3 Å². The number of phenols is 1. The molecule has 2 aliphatic heterocycles. The zero-order valence-electron chi connectivity index (χ0n) is 22.3. The zero-order valence-corrected chi connectivity index (χ0v) is 23.9. The molecular weight excluding hydrogens is 542 g/mol. The first-order valence-corrected chi connectivity index (χ1v) is 14.5. The van der Waals surface area contributed by atoms with Gasteiger partial charge in [-0.1, -0.05) is 72.6 Å². The van der Waals surface area contributed by atoms with Crippen molar-refractivity contribution in [3.8, 4) is 5.75 Å². The number of aromatic hydroxyl groups is 1. The lowest BCUT2D eigenvalue weighted by molar-refractivity contribution is -0.140. The molecule has 1 N–H and O–H groups in total. The van der Waals surface area contributed by atoms with Gasteiger partial charge in [-0.2, -0.15) is 0 Å². The van der Waals surface area contributed by atoms with Crippen molar-refractivity contribution >= 4 is 39.4 Å². The molecule has 6 heteroatoms. The number of amides is 2. The molecule has 2 saturated heterocycles. The van der Waals surface area contributed by atoms with Crippen LogP contribution in [0.3, 0.4) is 0 Å². The van der Waals surface area contributed by atoms with Crippen LogP contribution in [0.4, 0.5) is 0 Å². The van der Waals surface area contributed by atoms with E-state index in [0.717, 1.165) is 40.4 Å². The van der Waals surface area contributed by atoms with Crippen LogP contribution >= 0.6 is 15.9 Å². The SMILES string of the molecule is CCCN1C(=O)[C@@H]2[C@@H](CC(C(C)C)=C3[C@@H](CC/C(=C/c4cc(Br)ccc4O)c4ccccc4)OC[C@@H]32)C1=O. The monoisotopic (exact) mass is 577 g/mol. The second-order valence-corrected chi connectivity index (χ2v) is 11.9. The van der Waals surface area contributed by atoms with Crippen LogP contribution < -0.4 is 0 Å². The predicted octanol–water partition coefficient (Wildman–Crippen LogP) is 6.86. The van der Waals surface area contributed by atoms with Gasteiger partial charge in [0.15, 0.2) is 0 Å². The predicted molar refractivity (Wildman–Crippen MR) is 153 cm³/mol. The van der Waals surface area contributed by atoms with Crippen molar-refractivity contribution in [2.75, 3.05) is 13.2 Å². The molecule has 0 aromatic heterocycles. The molecule has 3 aliphatic rings. The molecule has 0 saturated carbocycles. The number of fused-ring (bicyclic) bond motifs is 3. The van der Waals surface area contributed by atoms with E-state index in [9.17, 15) is 14.7 Å². The van der Waals surface area contributed by atoms with E-state index in [4.69, 9.17) is 4.74 Å². The molecule has 4 atom stereocenters. The van der Waals surface area contributed by atoms with Gasteiger partial charge in [-0.3, -0.25) is 14.5 Å². The molecule has 5 rings (SSSR count). The highest BCUT2D eigenvalue weighted by Gasteiger charge is 2.56. The van der Waals surface area contributed by atoms with E-state index in [-0.39, 0.29) is 41.4 Å². The van der Waals surface area contributed by atoms with Crippen molar-refractivity contribution in [3.63, 3.8) is 0 Å². The number of carbonyl (C=O) groups excluding carboxylic acids is 2. The van der Waals surface area contributed by atoms with Crippen molar-refractivity contribution in [3.05, 3.63) is 75.3 Å². The Morgan fingerprint density at radius 3 is 2.61 bits per heavy atom. The van der Waals surface area contributed by atoms with Gasteiger partial charge in [0.05, 0.1) is 24.5 Å². The third kappa shape index (κ3) is 5.01. The largest absolute Gasteiger partial charge is 0.507 e. The number of halogens is 1. The number of ether oxygens (including phenoxy) is 1. The fourth-order valence-electron chi connectivity index (χ4n) is 6.54. The van der Waals surface area contributed by atoms with Gasteiger partial charge in [0.25, 0.3) is 0 Å². The summed E-state index contributed by atoms with van der Waals surface area (Å²) in [5.74, 6) is -0.0302. The smallest absolute Gasteiger partial charge is 0.233 e. The van der Waals surface area contributed by atoms with Crippen LogP contribution in [0.15, 0.2) is 64.1 Å². The number of nitrogens with zero attached hydrogens (tertiary/aromatic N) is 1. The minimum absolute atomic E-state index is 0.00521. The van der Waals surface area contributed by atoms with Gasteiger partial charge in [0, 0.05) is 22.5 Å². The van der Waals surface area contributed by atoms with E-state index in [1.54, 1.807) is 6.07 Å². The van der Waals surface area contributed by atoms with Crippen LogP contribution in [-0.4, -0.2) is 41.1 Å². The molecule has 2 amide bonds. The third-order valence-electron chi connectivity index (χ3n) is 8.32. The summed E-state index contributed by atoms with van der Waals surface area (Å²) in [5, 5.41) is 10.5. The Balaban J connectivity index is 1.44. The number of benzene rings is 2. The van der Waals surface area contributed by atoms with E-state index in [0.29, 0.717) is 25.5 Å². The van der Waals surface area contributed by atoms with Crippen LogP contribution in [0.2, 0.25) is 0 Å². The molecule has 0 radical (unpaired) electrons. The molecule has 2 heterocycles. The fourth-order valence-corrected chi connectivity index (χ4v) is 6.91. The molecule has 2 aromatic carbocycles. The summed E-state index contributed by atoms with van der Waals surface area (Å²) in [6.07, 6.45) is 4.94. The second-order valence-electron chi connectivity index (χ2n) is 11.0. The van der Waals surface area contributed by atoms with Crippen molar-refractivity contribution in [1.82, 2.24) is 4.90 Å². The first-order chi connectivity index (χ1) is 18.3. The Labute approximate surface area is 233 Å². The van der Waals surface area contributed by atoms with Crippen LogP contribution in [0.1, 0.15) is 57.6 Å². The highest BCUT2D eigenvalue weighted by atomic mass is 79.9. The van der Waals surface area contributed by atoms with Gasteiger partial charge in [-0.05, 0) is 72.6 Å². The number of allylic oxidation sites excluding steroid dienone is 2. The van der Waals surface area contributed by atoms with E-state index in [2.05, 4.69) is 48.0 Å². The summed E-state index contributed by atoms with van der Waals surface area (Å²) in [7, 11) is 0. The molecule has 0 unspecified atom stereocenters. The molecule has 0 bridgehead atoms. The van der Waals surface area contributed by atoms with E-state index in [1.807, 2.05) is 37.3 Å². The Morgan fingerprint density at radius 1 is 1.13 bits per heavy atom. The van der Waals surface area contributed by atoms with Crippen molar-refractivity contribution in [2.24, 2.45) is 23.7 Å². The lowest BCUT2D eigenvalue weighted by atomic mass is 9.67. The highest BCUT2D eigenvalue weighted by Crippen LogP contribution is 2.51. The molecular formula is C32H36BrNO4. The van der Waals surface area contributed by atoms with Crippen LogP contribution in [0.25, 0.3) is 11.6 Å². The van der Waals surface area contributed by atoms with Gasteiger partial charge >= 0.3 is 0 Å².